The fraction of sp³-hybridized carbons (Fsp3) is 0.643. The Balaban J connectivity index is 1.90. The number of aromatic nitrogens is 2. The van der Waals surface area contributed by atoms with E-state index < -0.39 is 11.5 Å². The highest BCUT2D eigenvalue weighted by molar-refractivity contribution is 7.99. The summed E-state index contributed by atoms with van der Waals surface area (Å²) in [7, 11) is 1.75. The number of hydrogen-bond donors (Lipinski definition) is 2. The Hall–Kier alpha value is -1.14. The van der Waals surface area contributed by atoms with Gasteiger partial charge in [-0.05, 0) is 44.7 Å². The number of thioether (sulfide) groups is 1. The second kappa shape index (κ2) is 6.54. The maximum Gasteiger partial charge on any atom is 0.324 e. The van der Waals surface area contributed by atoms with Crippen molar-refractivity contribution in [2.75, 3.05) is 12.8 Å². The first-order valence-corrected chi connectivity index (χ1v) is 7.91. The van der Waals surface area contributed by atoms with Crippen LogP contribution in [0.25, 0.3) is 0 Å². The highest BCUT2D eigenvalue weighted by Gasteiger charge is 2.47. The van der Waals surface area contributed by atoms with Gasteiger partial charge in [0.1, 0.15) is 5.54 Å². The topological polar surface area (TPSA) is 75.1 Å². The molecule has 20 heavy (non-hydrogen) atoms. The third kappa shape index (κ3) is 3.12. The quantitative estimate of drug-likeness (QED) is 0.618. The number of rotatable bonds is 6. The van der Waals surface area contributed by atoms with Gasteiger partial charge in [0.05, 0.1) is 0 Å². The largest absolute Gasteiger partial charge is 0.480 e. The van der Waals surface area contributed by atoms with E-state index in [2.05, 4.69) is 15.3 Å². The number of nitrogens with zero attached hydrogens (tertiary/aromatic N) is 2. The Morgan fingerprint density at radius 1 is 1.55 bits per heavy atom. The van der Waals surface area contributed by atoms with Crippen LogP contribution in [-0.2, 0) is 4.79 Å². The van der Waals surface area contributed by atoms with E-state index >= 15 is 0 Å². The van der Waals surface area contributed by atoms with Crippen LogP contribution in [-0.4, -0.2) is 39.4 Å². The third-order valence-electron chi connectivity index (χ3n) is 4.10. The van der Waals surface area contributed by atoms with E-state index in [0.717, 1.165) is 42.2 Å². The standard InChI is InChI=1S/C14H21N3O2S/c1-10-8-16-13(17-9-10)20-7-5-11-4-3-6-14(11,15-2)12(18)19/h8-9,11,15H,3-7H2,1-2H3,(H,18,19). The summed E-state index contributed by atoms with van der Waals surface area (Å²) in [5.41, 5.74) is 0.305. The minimum atomic E-state index is -0.741. The van der Waals surface area contributed by atoms with Gasteiger partial charge in [0.2, 0.25) is 0 Å². The van der Waals surface area contributed by atoms with Crippen LogP contribution in [0, 0.1) is 12.8 Å². The van der Waals surface area contributed by atoms with E-state index in [1.54, 1.807) is 31.2 Å². The summed E-state index contributed by atoms with van der Waals surface area (Å²) < 4.78 is 0. The molecule has 1 aromatic heterocycles. The summed E-state index contributed by atoms with van der Waals surface area (Å²) in [6.07, 6.45) is 7.15. The predicted molar refractivity (Wildman–Crippen MR) is 78.9 cm³/mol. The maximum atomic E-state index is 11.5. The van der Waals surface area contributed by atoms with Gasteiger partial charge in [-0.25, -0.2) is 9.97 Å². The van der Waals surface area contributed by atoms with E-state index in [1.165, 1.54) is 0 Å². The Bertz CT molecular complexity index is 466. The molecule has 0 amide bonds. The van der Waals surface area contributed by atoms with Crippen molar-refractivity contribution < 1.29 is 9.90 Å². The summed E-state index contributed by atoms with van der Waals surface area (Å²) in [4.78, 5) is 20.0. The van der Waals surface area contributed by atoms with Crippen LogP contribution in [0.15, 0.2) is 17.6 Å². The van der Waals surface area contributed by atoms with Crippen molar-refractivity contribution in [3.05, 3.63) is 18.0 Å². The van der Waals surface area contributed by atoms with Crippen molar-refractivity contribution in [3.63, 3.8) is 0 Å². The first-order valence-electron chi connectivity index (χ1n) is 6.92. The van der Waals surface area contributed by atoms with E-state index in [0.29, 0.717) is 0 Å². The van der Waals surface area contributed by atoms with Gasteiger partial charge in [-0.2, -0.15) is 0 Å². The van der Waals surface area contributed by atoms with Crippen LogP contribution < -0.4 is 5.32 Å². The molecule has 1 aliphatic rings. The van der Waals surface area contributed by atoms with Crippen molar-refractivity contribution >= 4 is 17.7 Å². The second-order valence-electron chi connectivity index (χ2n) is 5.30. The Morgan fingerprint density at radius 3 is 2.85 bits per heavy atom. The van der Waals surface area contributed by atoms with Gasteiger partial charge in [-0.15, -0.1) is 0 Å². The molecule has 2 N–H and O–H groups in total. The van der Waals surface area contributed by atoms with Crippen molar-refractivity contribution in [1.82, 2.24) is 15.3 Å². The van der Waals surface area contributed by atoms with Gasteiger partial charge in [0, 0.05) is 18.1 Å². The van der Waals surface area contributed by atoms with Gasteiger partial charge in [-0.1, -0.05) is 18.2 Å². The highest BCUT2D eigenvalue weighted by Crippen LogP contribution is 2.38. The predicted octanol–water partition coefficient (Wildman–Crippen LogP) is 2.11. The molecule has 1 heterocycles. The Labute approximate surface area is 123 Å². The Kier molecular flexibility index (Phi) is 4.99. The monoisotopic (exact) mass is 295 g/mol. The number of nitrogens with one attached hydrogen (secondary N) is 1. The van der Waals surface area contributed by atoms with E-state index in [1.807, 2.05) is 6.92 Å². The molecule has 0 aliphatic heterocycles. The van der Waals surface area contributed by atoms with Gasteiger partial charge in [-0.3, -0.25) is 4.79 Å². The SMILES string of the molecule is CNC1(C(=O)O)CCCC1CCSc1ncc(C)cn1. The average Bonchev–Trinajstić information content (AvgIpc) is 2.85. The summed E-state index contributed by atoms with van der Waals surface area (Å²) >= 11 is 1.60. The zero-order valence-corrected chi connectivity index (χ0v) is 12.7. The lowest BCUT2D eigenvalue weighted by Gasteiger charge is -2.30. The average molecular weight is 295 g/mol. The number of likely N-dealkylation sites (N-methyl/N-ethyl adjacent to an activating group) is 1. The van der Waals surface area contributed by atoms with Crippen LogP contribution in [0.3, 0.4) is 0 Å². The molecule has 1 fully saturated rings. The molecule has 2 unspecified atom stereocenters. The molecule has 110 valence electrons. The van der Waals surface area contributed by atoms with Crippen molar-refractivity contribution in [2.45, 2.75) is 43.3 Å². The summed E-state index contributed by atoms with van der Waals surface area (Å²) in [5, 5.41) is 13.3. The van der Waals surface area contributed by atoms with Crippen LogP contribution in [0.4, 0.5) is 0 Å². The Morgan fingerprint density at radius 2 is 2.25 bits per heavy atom. The number of carboxylic acids is 1. The smallest absolute Gasteiger partial charge is 0.324 e. The molecule has 2 rings (SSSR count). The molecule has 6 heteroatoms. The molecule has 1 saturated carbocycles. The molecule has 0 aromatic carbocycles. The molecule has 0 radical (unpaired) electrons. The molecule has 0 bridgehead atoms. The summed E-state index contributed by atoms with van der Waals surface area (Å²) in [6, 6.07) is 0. The van der Waals surface area contributed by atoms with Crippen LogP contribution >= 0.6 is 11.8 Å². The normalized spacial score (nSPS) is 25.8. The molecule has 0 saturated heterocycles. The van der Waals surface area contributed by atoms with Crippen LogP contribution in [0.5, 0.6) is 0 Å². The second-order valence-corrected chi connectivity index (χ2v) is 6.36. The van der Waals surface area contributed by atoms with Crippen LogP contribution in [0.2, 0.25) is 0 Å². The highest BCUT2D eigenvalue weighted by atomic mass is 32.2. The minimum absolute atomic E-state index is 0.183. The van der Waals surface area contributed by atoms with E-state index in [4.69, 9.17) is 0 Å². The molecular weight excluding hydrogens is 274 g/mol. The van der Waals surface area contributed by atoms with Gasteiger partial charge in [0.15, 0.2) is 5.16 Å². The zero-order chi connectivity index (χ0) is 14.6. The molecular formula is C14H21N3O2S. The molecule has 0 spiro atoms. The fourth-order valence-corrected chi connectivity index (χ4v) is 3.77. The minimum Gasteiger partial charge on any atom is -0.480 e. The number of hydrogen-bond acceptors (Lipinski definition) is 5. The number of carbonyl (C=O) groups is 1. The third-order valence-corrected chi connectivity index (χ3v) is 5.01. The van der Waals surface area contributed by atoms with Crippen LogP contribution in [0.1, 0.15) is 31.2 Å². The number of carboxylic acid groups (broad SMARTS) is 1. The summed E-state index contributed by atoms with van der Waals surface area (Å²) in [6.45, 7) is 1.96. The lowest BCUT2D eigenvalue weighted by molar-refractivity contribution is -0.146. The summed E-state index contributed by atoms with van der Waals surface area (Å²) in [5.74, 6) is 0.312. The van der Waals surface area contributed by atoms with Crippen molar-refractivity contribution in [3.8, 4) is 0 Å². The molecule has 1 aliphatic carbocycles. The molecule has 5 nitrogen and oxygen atoms in total. The van der Waals surface area contributed by atoms with E-state index in [-0.39, 0.29) is 5.92 Å². The maximum absolute atomic E-state index is 11.5. The fourth-order valence-electron chi connectivity index (χ4n) is 2.93. The number of aryl methyl sites for hydroxylation is 1. The zero-order valence-electron chi connectivity index (χ0n) is 11.9. The van der Waals surface area contributed by atoms with Crippen molar-refractivity contribution in [2.24, 2.45) is 5.92 Å². The van der Waals surface area contributed by atoms with Crippen molar-refractivity contribution in [1.29, 1.82) is 0 Å². The molecule has 1 aromatic rings. The van der Waals surface area contributed by atoms with E-state index in [9.17, 15) is 9.90 Å². The molecule has 2 atom stereocenters. The first kappa shape index (κ1) is 15.3. The number of aliphatic carboxylic acids is 1. The van der Waals surface area contributed by atoms with Gasteiger partial charge < -0.3 is 10.4 Å². The van der Waals surface area contributed by atoms with Gasteiger partial charge >= 0.3 is 5.97 Å². The van der Waals surface area contributed by atoms with Gasteiger partial charge in [0.25, 0.3) is 0 Å². The lowest BCUT2D eigenvalue weighted by Crippen LogP contribution is -2.53. The lowest BCUT2D eigenvalue weighted by atomic mass is 9.85. The first-order chi connectivity index (χ1) is 9.58.